The molecule has 0 aromatic heterocycles. The zero-order valence-electron chi connectivity index (χ0n) is 7.69. The molecule has 2 aliphatic rings. The van der Waals surface area contributed by atoms with Gasteiger partial charge in [-0.15, -0.1) is 0 Å². The van der Waals surface area contributed by atoms with Crippen LogP contribution in [0.3, 0.4) is 0 Å². The van der Waals surface area contributed by atoms with E-state index in [1.807, 2.05) is 0 Å². The third-order valence-corrected chi connectivity index (χ3v) is 3.47. The van der Waals surface area contributed by atoms with Gasteiger partial charge in [-0.2, -0.15) is 0 Å². The fourth-order valence-corrected chi connectivity index (χ4v) is 1.90. The summed E-state index contributed by atoms with van der Waals surface area (Å²) in [6.45, 7) is 6.07. The van der Waals surface area contributed by atoms with Crippen LogP contribution in [-0.2, 0) is 0 Å². The molecule has 0 saturated heterocycles. The van der Waals surface area contributed by atoms with Gasteiger partial charge in [0, 0.05) is 6.04 Å². The number of hydrogen-bond donors (Lipinski definition) is 1. The van der Waals surface area contributed by atoms with Crippen molar-refractivity contribution in [3.8, 4) is 0 Å². The van der Waals surface area contributed by atoms with Gasteiger partial charge in [0.15, 0.2) is 0 Å². The van der Waals surface area contributed by atoms with Crippen molar-refractivity contribution in [1.82, 2.24) is 5.32 Å². The first-order valence-corrected chi connectivity index (χ1v) is 4.92. The van der Waals surface area contributed by atoms with E-state index < -0.39 is 0 Å². The average molecular weight is 153 g/mol. The predicted octanol–water partition coefficient (Wildman–Crippen LogP) is 2.17. The van der Waals surface area contributed by atoms with E-state index in [1.165, 1.54) is 32.2 Å². The summed E-state index contributed by atoms with van der Waals surface area (Å²) in [5, 5.41) is 3.61. The van der Waals surface area contributed by atoms with E-state index in [-0.39, 0.29) is 0 Å². The molecule has 0 radical (unpaired) electrons. The molecule has 0 heterocycles. The summed E-state index contributed by atoms with van der Waals surface area (Å²) in [5.74, 6) is 0.961. The first kappa shape index (κ1) is 7.60. The van der Waals surface area contributed by atoms with Crippen LogP contribution in [0.5, 0.6) is 0 Å². The Labute approximate surface area is 69.6 Å². The highest BCUT2D eigenvalue weighted by molar-refractivity contribution is 4.91. The molecule has 1 nitrogen and oxygen atoms in total. The van der Waals surface area contributed by atoms with Crippen LogP contribution in [0, 0.1) is 11.3 Å². The van der Waals surface area contributed by atoms with Crippen molar-refractivity contribution in [2.45, 2.75) is 45.6 Å². The Bertz CT molecular complexity index is 147. The molecule has 0 aliphatic heterocycles. The van der Waals surface area contributed by atoms with E-state index in [0.717, 1.165) is 12.0 Å². The third kappa shape index (κ3) is 1.58. The van der Waals surface area contributed by atoms with Gasteiger partial charge in [0.05, 0.1) is 0 Å². The normalized spacial score (nSPS) is 34.9. The lowest BCUT2D eigenvalue weighted by atomic mass is 9.62. The lowest BCUT2D eigenvalue weighted by molar-refractivity contribution is 0.0717. The molecule has 2 rings (SSSR count). The van der Waals surface area contributed by atoms with E-state index in [0.29, 0.717) is 5.41 Å². The molecule has 1 unspecified atom stereocenters. The second-order valence-electron chi connectivity index (χ2n) is 4.91. The number of hydrogen-bond acceptors (Lipinski definition) is 1. The molecule has 11 heavy (non-hydrogen) atoms. The highest BCUT2D eigenvalue weighted by atomic mass is 15.0. The van der Waals surface area contributed by atoms with Crippen LogP contribution in [0.2, 0.25) is 0 Å². The Kier molecular flexibility index (Phi) is 1.71. The Hall–Kier alpha value is -0.0400. The van der Waals surface area contributed by atoms with E-state index in [2.05, 4.69) is 19.2 Å². The van der Waals surface area contributed by atoms with E-state index in [1.54, 1.807) is 0 Å². The number of nitrogens with one attached hydrogen (secondary N) is 1. The second-order valence-corrected chi connectivity index (χ2v) is 4.91. The topological polar surface area (TPSA) is 12.0 Å². The molecule has 0 spiro atoms. The molecular formula is C10H19N. The smallest absolute Gasteiger partial charge is 0.00683 e. The molecule has 1 heteroatoms. The molecule has 0 aromatic rings. The Morgan fingerprint density at radius 1 is 1.27 bits per heavy atom. The monoisotopic (exact) mass is 153 g/mol. The minimum Gasteiger partial charge on any atom is -0.314 e. The van der Waals surface area contributed by atoms with Crippen molar-refractivity contribution in [3.05, 3.63) is 0 Å². The predicted molar refractivity (Wildman–Crippen MR) is 47.5 cm³/mol. The van der Waals surface area contributed by atoms with Gasteiger partial charge in [-0.25, -0.2) is 0 Å². The molecule has 0 bridgehead atoms. The molecule has 1 atom stereocenters. The minimum atomic E-state index is 0.641. The zero-order chi connectivity index (χ0) is 7.90. The fraction of sp³-hybridized carbons (Fsp3) is 1.00. The lowest BCUT2D eigenvalue weighted by Crippen LogP contribution is -2.41. The number of rotatable bonds is 3. The van der Waals surface area contributed by atoms with Gasteiger partial charge in [0.2, 0.25) is 0 Å². The first-order chi connectivity index (χ1) is 5.18. The second kappa shape index (κ2) is 2.48. The zero-order valence-corrected chi connectivity index (χ0v) is 7.69. The summed E-state index contributed by atoms with van der Waals surface area (Å²) in [7, 11) is 0. The van der Waals surface area contributed by atoms with Crippen LogP contribution in [0.1, 0.15) is 39.5 Å². The Balaban J connectivity index is 1.69. The maximum Gasteiger partial charge on any atom is 0.00683 e. The minimum absolute atomic E-state index is 0.641. The van der Waals surface area contributed by atoms with Crippen LogP contribution in [0.25, 0.3) is 0 Å². The highest BCUT2D eigenvalue weighted by Crippen LogP contribution is 2.45. The van der Waals surface area contributed by atoms with Gasteiger partial charge >= 0.3 is 0 Å². The lowest BCUT2D eigenvalue weighted by Gasteiger charge is -2.44. The molecule has 1 N–H and O–H groups in total. The fourth-order valence-electron chi connectivity index (χ4n) is 1.90. The summed E-state index contributed by atoms with van der Waals surface area (Å²) in [6.07, 6.45) is 5.73. The van der Waals surface area contributed by atoms with Gasteiger partial charge in [-0.05, 0) is 43.6 Å². The van der Waals surface area contributed by atoms with Gasteiger partial charge in [0.25, 0.3) is 0 Å². The summed E-state index contributed by atoms with van der Waals surface area (Å²) in [5.41, 5.74) is 0.641. The van der Waals surface area contributed by atoms with Crippen LogP contribution >= 0.6 is 0 Å². The van der Waals surface area contributed by atoms with Gasteiger partial charge < -0.3 is 5.32 Å². The van der Waals surface area contributed by atoms with Crippen molar-refractivity contribution in [3.63, 3.8) is 0 Å². The molecule has 0 amide bonds. The third-order valence-electron chi connectivity index (χ3n) is 3.47. The van der Waals surface area contributed by atoms with E-state index in [4.69, 9.17) is 0 Å². The van der Waals surface area contributed by atoms with Crippen molar-refractivity contribution < 1.29 is 0 Å². The van der Waals surface area contributed by atoms with Crippen LogP contribution in [0.4, 0.5) is 0 Å². The summed E-state index contributed by atoms with van der Waals surface area (Å²) >= 11 is 0. The molecule has 0 aromatic carbocycles. The molecule has 2 saturated carbocycles. The van der Waals surface area contributed by atoms with Crippen LogP contribution in [-0.4, -0.2) is 12.6 Å². The Morgan fingerprint density at radius 3 is 2.36 bits per heavy atom. The van der Waals surface area contributed by atoms with Crippen molar-refractivity contribution in [2.75, 3.05) is 6.54 Å². The van der Waals surface area contributed by atoms with Crippen LogP contribution in [0.15, 0.2) is 0 Å². The maximum absolute atomic E-state index is 3.61. The van der Waals surface area contributed by atoms with E-state index in [9.17, 15) is 0 Å². The summed E-state index contributed by atoms with van der Waals surface area (Å²) < 4.78 is 0. The largest absolute Gasteiger partial charge is 0.314 e. The van der Waals surface area contributed by atoms with Gasteiger partial charge in [-0.3, -0.25) is 0 Å². The maximum atomic E-state index is 3.61. The highest BCUT2D eigenvalue weighted by Gasteiger charge is 2.38. The summed E-state index contributed by atoms with van der Waals surface area (Å²) in [6, 6.07) is 0.895. The van der Waals surface area contributed by atoms with E-state index >= 15 is 0 Å². The average Bonchev–Trinajstić information content (AvgIpc) is 2.70. The summed E-state index contributed by atoms with van der Waals surface area (Å²) in [4.78, 5) is 0. The Morgan fingerprint density at radius 2 is 2.00 bits per heavy atom. The van der Waals surface area contributed by atoms with Gasteiger partial charge in [0.1, 0.15) is 0 Å². The van der Waals surface area contributed by atoms with Crippen molar-refractivity contribution in [2.24, 2.45) is 11.3 Å². The first-order valence-electron chi connectivity index (χ1n) is 4.92. The van der Waals surface area contributed by atoms with Crippen molar-refractivity contribution >= 4 is 0 Å². The standard InChI is InChI=1S/C10H19N/c1-10(2)6-5-8(10)7-11-9-3-4-9/h8-9,11H,3-7H2,1-2H3. The molecule has 64 valence electrons. The molecule has 2 fully saturated rings. The SMILES string of the molecule is CC1(C)CCC1CNC1CC1. The molecule has 2 aliphatic carbocycles. The quantitative estimate of drug-likeness (QED) is 0.655. The molecular weight excluding hydrogens is 134 g/mol. The van der Waals surface area contributed by atoms with Crippen LogP contribution < -0.4 is 5.32 Å². The van der Waals surface area contributed by atoms with Crippen molar-refractivity contribution in [1.29, 1.82) is 0 Å². The van der Waals surface area contributed by atoms with Gasteiger partial charge in [-0.1, -0.05) is 13.8 Å².